The zero-order valence-corrected chi connectivity index (χ0v) is 16.4. The Morgan fingerprint density at radius 2 is 1.79 bits per heavy atom. The molecule has 6 heteroatoms. The average Bonchev–Trinajstić information content (AvgIpc) is 3.16. The molecule has 0 unspecified atom stereocenters. The first-order chi connectivity index (χ1) is 14.1. The van der Waals surface area contributed by atoms with Gasteiger partial charge in [0.25, 0.3) is 5.91 Å². The van der Waals surface area contributed by atoms with Crippen molar-refractivity contribution in [2.24, 2.45) is 0 Å². The molecule has 1 aromatic heterocycles. The lowest BCUT2D eigenvalue weighted by molar-refractivity contribution is 0.0929. The highest BCUT2D eigenvalue weighted by molar-refractivity contribution is 5.92. The molecule has 2 aromatic carbocycles. The van der Waals surface area contributed by atoms with Gasteiger partial charge >= 0.3 is 0 Å². The van der Waals surface area contributed by atoms with Crippen LogP contribution in [0.2, 0.25) is 0 Å². The second-order valence-electron chi connectivity index (χ2n) is 7.43. The van der Waals surface area contributed by atoms with Gasteiger partial charge in [0.1, 0.15) is 0 Å². The van der Waals surface area contributed by atoms with Crippen LogP contribution in [0.15, 0.2) is 71.5 Å². The van der Waals surface area contributed by atoms with E-state index in [1.54, 1.807) is 4.68 Å². The van der Waals surface area contributed by atoms with E-state index in [1.165, 1.54) is 11.6 Å². The zero-order valence-electron chi connectivity index (χ0n) is 16.4. The number of hydrogen-bond donors (Lipinski definition) is 1. The van der Waals surface area contributed by atoms with Crippen molar-refractivity contribution in [3.63, 3.8) is 0 Å². The molecule has 1 amide bonds. The van der Waals surface area contributed by atoms with Crippen molar-refractivity contribution in [3.8, 4) is 5.69 Å². The Kier molecular flexibility index (Phi) is 5.53. The highest BCUT2D eigenvalue weighted by Gasteiger charge is 2.26. The summed E-state index contributed by atoms with van der Waals surface area (Å²) in [4.78, 5) is 27.5. The maximum atomic E-state index is 12.8. The Balaban J connectivity index is 1.46. The van der Waals surface area contributed by atoms with E-state index in [0.717, 1.165) is 31.7 Å². The summed E-state index contributed by atoms with van der Waals surface area (Å²) in [5, 5.41) is 7.34. The summed E-state index contributed by atoms with van der Waals surface area (Å²) < 4.78 is 1.63. The molecule has 1 fully saturated rings. The number of carbonyl (C=O) groups is 1. The molecule has 0 saturated carbocycles. The molecule has 148 valence electrons. The maximum absolute atomic E-state index is 12.8. The van der Waals surface area contributed by atoms with Crippen LogP contribution in [-0.2, 0) is 6.54 Å². The van der Waals surface area contributed by atoms with Gasteiger partial charge in [-0.3, -0.25) is 14.5 Å². The third kappa shape index (κ3) is 4.43. The van der Waals surface area contributed by atoms with E-state index >= 15 is 0 Å². The van der Waals surface area contributed by atoms with E-state index in [4.69, 9.17) is 0 Å². The monoisotopic (exact) mass is 388 g/mol. The summed E-state index contributed by atoms with van der Waals surface area (Å²) in [6.07, 6.45) is 0.858. The first kappa shape index (κ1) is 19.1. The van der Waals surface area contributed by atoms with E-state index < -0.39 is 5.91 Å². The lowest BCUT2D eigenvalue weighted by atomic mass is 10.2. The van der Waals surface area contributed by atoms with E-state index in [2.05, 4.69) is 27.4 Å². The molecule has 1 N–H and O–H groups in total. The Labute approximate surface area is 169 Å². The fraction of sp³-hybridized carbons (Fsp3) is 0.261. The van der Waals surface area contributed by atoms with Crippen molar-refractivity contribution in [1.29, 1.82) is 0 Å². The number of hydrogen-bond acceptors (Lipinski definition) is 4. The molecule has 2 heterocycles. The second-order valence-corrected chi connectivity index (χ2v) is 7.43. The smallest absolute Gasteiger partial charge is 0.276 e. The number of nitrogens with zero attached hydrogens (tertiary/aromatic N) is 3. The molecule has 0 bridgehead atoms. The predicted molar refractivity (Wildman–Crippen MR) is 112 cm³/mol. The number of benzene rings is 2. The van der Waals surface area contributed by atoms with Crippen LogP contribution in [-0.4, -0.2) is 39.7 Å². The van der Waals surface area contributed by atoms with Gasteiger partial charge < -0.3 is 5.32 Å². The second kappa shape index (κ2) is 8.41. The topological polar surface area (TPSA) is 67.2 Å². The summed E-state index contributed by atoms with van der Waals surface area (Å²) in [5.41, 5.74) is 2.33. The average molecular weight is 388 g/mol. The quantitative estimate of drug-likeness (QED) is 0.729. The van der Waals surface area contributed by atoms with Crippen molar-refractivity contribution in [2.45, 2.75) is 25.9 Å². The number of nitrogens with one attached hydrogen (secondary N) is 1. The number of carbonyl (C=O) groups excluding carboxylic acids is 1. The third-order valence-corrected chi connectivity index (χ3v) is 5.18. The normalized spacial score (nSPS) is 16.7. The van der Waals surface area contributed by atoms with Crippen LogP contribution in [0.4, 0.5) is 0 Å². The van der Waals surface area contributed by atoms with Gasteiger partial charge in [0, 0.05) is 37.4 Å². The Morgan fingerprint density at radius 1 is 1.10 bits per heavy atom. The maximum Gasteiger partial charge on any atom is 0.276 e. The summed E-state index contributed by atoms with van der Waals surface area (Å²) in [7, 11) is 0. The van der Waals surface area contributed by atoms with Gasteiger partial charge in [0.2, 0.25) is 5.43 Å². The molecule has 1 atom stereocenters. The number of aryl methyl sites for hydroxylation is 1. The van der Waals surface area contributed by atoms with Crippen LogP contribution in [0.3, 0.4) is 0 Å². The predicted octanol–water partition coefficient (Wildman–Crippen LogP) is 2.55. The molecule has 6 nitrogen and oxygen atoms in total. The van der Waals surface area contributed by atoms with Crippen LogP contribution < -0.4 is 10.7 Å². The third-order valence-electron chi connectivity index (χ3n) is 5.18. The number of amides is 1. The van der Waals surface area contributed by atoms with Gasteiger partial charge in [-0.15, -0.1) is 0 Å². The molecule has 29 heavy (non-hydrogen) atoms. The van der Waals surface area contributed by atoms with E-state index in [0.29, 0.717) is 5.69 Å². The molecule has 0 aliphatic carbocycles. The Morgan fingerprint density at radius 3 is 2.52 bits per heavy atom. The number of para-hydroxylation sites is 1. The van der Waals surface area contributed by atoms with Crippen molar-refractivity contribution in [1.82, 2.24) is 20.0 Å². The molecule has 4 rings (SSSR count). The summed E-state index contributed by atoms with van der Waals surface area (Å²) in [6, 6.07) is 21.3. The lowest BCUT2D eigenvalue weighted by Crippen LogP contribution is -2.40. The summed E-state index contributed by atoms with van der Waals surface area (Å²) in [6.45, 7) is 4.34. The molecule has 1 saturated heterocycles. The Bertz CT molecular complexity index is 1050. The van der Waals surface area contributed by atoms with Gasteiger partial charge in [0.05, 0.1) is 5.69 Å². The van der Waals surface area contributed by atoms with E-state index in [1.807, 2.05) is 55.5 Å². The first-order valence-electron chi connectivity index (χ1n) is 9.84. The van der Waals surface area contributed by atoms with Crippen molar-refractivity contribution < 1.29 is 4.79 Å². The van der Waals surface area contributed by atoms with Crippen molar-refractivity contribution >= 4 is 5.91 Å². The minimum Gasteiger partial charge on any atom is -0.346 e. The van der Waals surface area contributed by atoms with Crippen LogP contribution in [0.25, 0.3) is 5.69 Å². The van der Waals surface area contributed by atoms with Crippen molar-refractivity contribution in [2.75, 3.05) is 13.1 Å². The van der Waals surface area contributed by atoms with Gasteiger partial charge in [-0.1, -0.05) is 48.5 Å². The van der Waals surface area contributed by atoms with E-state index in [-0.39, 0.29) is 17.2 Å². The van der Waals surface area contributed by atoms with Crippen LogP contribution in [0, 0.1) is 6.92 Å². The van der Waals surface area contributed by atoms with Crippen LogP contribution in [0.1, 0.15) is 28.2 Å². The van der Waals surface area contributed by atoms with Gasteiger partial charge in [-0.2, -0.15) is 5.10 Å². The highest BCUT2D eigenvalue weighted by Crippen LogP contribution is 2.14. The molecule has 1 aliphatic heterocycles. The number of aromatic nitrogens is 2. The number of rotatable bonds is 5. The molecule has 3 aromatic rings. The van der Waals surface area contributed by atoms with Gasteiger partial charge in [0.15, 0.2) is 5.69 Å². The summed E-state index contributed by atoms with van der Waals surface area (Å²) >= 11 is 0. The van der Waals surface area contributed by atoms with Gasteiger partial charge in [-0.25, -0.2) is 4.68 Å². The molecular formula is C23H24N4O2. The lowest BCUT2D eigenvalue weighted by Gasteiger charge is -2.17. The SMILES string of the molecule is Cc1cc(=O)c(C(=O)N[C@@H]2CCN(Cc3ccccc3)C2)nn1-c1ccccc1. The van der Waals surface area contributed by atoms with Gasteiger partial charge in [-0.05, 0) is 31.0 Å². The van der Waals surface area contributed by atoms with E-state index in [9.17, 15) is 9.59 Å². The Hall–Kier alpha value is -3.25. The molecule has 0 spiro atoms. The zero-order chi connectivity index (χ0) is 20.2. The van der Waals surface area contributed by atoms with Crippen molar-refractivity contribution in [3.05, 3.63) is 93.9 Å². The minimum atomic E-state index is -0.411. The fourth-order valence-electron chi connectivity index (χ4n) is 3.72. The molecule has 1 aliphatic rings. The molecular weight excluding hydrogens is 364 g/mol. The fourth-order valence-corrected chi connectivity index (χ4v) is 3.72. The molecule has 0 radical (unpaired) electrons. The number of likely N-dealkylation sites (tertiary alicyclic amines) is 1. The summed E-state index contributed by atoms with van der Waals surface area (Å²) in [5.74, 6) is -0.411. The standard InChI is InChI=1S/C23H24N4O2/c1-17-14-21(28)22(25-27(17)20-10-6-3-7-11-20)23(29)24-19-12-13-26(16-19)15-18-8-4-2-5-9-18/h2-11,14,19H,12-13,15-16H2,1H3,(H,24,29)/t19-/m1/s1. The highest BCUT2D eigenvalue weighted by atomic mass is 16.2. The van der Waals surface area contributed by atoms with Crippen LogP contribution >= 0.6 is 0 Å². The minimum absolute atomic E-state index is 0.0129. The van der Waals surface area contributed by atoms with Crippen LogP contribution in [0.5, 0.6) is 0 Å². The largest absolute Gasteiger partial charge is 0.346 e. The first-order valence-corrected chi connectivity index (χ1v) is 9.84.